The first-order valence-electron chi connectivity index (χ1n) is 42.1. The van der Waals surface area contributed by atoms with Crippen molar-refractivity contribution >= 4 is 49.9 Å². The van der Waals surface area contributed by atoms with Gasteiger partial charge in [0.1, 0.15) is 24.4 Å². The molecule has 4 atom stereocenters. The third kappa shape index (κ3) is 55.6. The Kier molecular flexibility index (Phi) is 63.4. The van der Waals surface area contributed by atoms with Gasteiger partial charge in [-0.15, -0.1) is 11.3 Å². The fraction of sp³-hybridized carbons (Fsp3) is 0.831. The van der Waals surface area contributed by atoms with E-state index in [4.69, 9.17) is 118 Å². The summed E-state index contributed by atoms with van der Waals surface area (Å²) in [6, 6.07) is 5.63. The predicted octanol–water partition coefficient (Wildman–Crippen LogP) is 6.94. The molecule has 4 amide bonds. The van der Waals surface area contributed by atoms with Crippen LogP contribution in [0.25, 0.3) is 10.4 Å². The van der Waals surface area contributed by atoms with Crippen LogP contribution in [-0.4, -0.2) is 388 Å². The highest BCUT2D eigenvalue weighted by Crippen LogP contribution is 2.41. The van der Waals surface area contributed by atoms with E-state index in [-0.39, 0.29) is 56.5 Å². The molecule has 1 aliphatic heterocycles. The molecule has 0 unspecified atom stereocenters. The van der Waals surface area contributed by atoms with Gasteiger partial charge in [-0.2, -0.15) is 0 Å². The maximum Gasteiger partial charge on any atom is 0.408 e. The van der Waals surface area contributed by atoms with Gasteiger partial charge in [-0.25, -0.2) is 9.78 Å². The summed E-state index contributed by atoms with van der Waals surface area (Å²) in [5.41, 5.74) is 2.58. The number of nitrogens with zero attached hydrogens (tertiary/aromatic N) is 3. The molecular weight excluding hydrogens is 1610 g/mol. The average molecular weight is 1760 g/mol. The molecule has 1 aliphatic rings. The number of likely N-dealkylation sites (tertiary alicyclic amines) is 1. The fourth-order valence-electron chi connectivity index (χ4n) is 10.8. The van der Waals surface area contributed by atoms with Gasteiger partial charge in [0.15, 0.2) is 8.32 Å². The van der Waals surface area contributed by atoms with E-state index in [1.54, 1.807) is 38.3 Å². The second-order valence-electron chi connectivity index (χ2n) is 31.0. The Balaban J connectivity index is 1.07. The summed E-state index contributed by atoms with van der Waals surface area (Å²) < 4.78 is 139. The van der Waals surface area contributed by atoms with Gasteiger partial charge < -0.3 is 139 Å². The fourth-order valence-corrected chi connectivity index (χ4v) is 13.0. The van der Waals surface area contributed by atoms with Gasteiger partial charge in [-0.3, -0.25) is 19.2 Å². The van der Waals surface area contributed by atoms with Crippen LogP contribution < -0.4 is 10.6 Å². The lowest BCUT2D eigenvalue weighted by Crippen LogP contribution is -2.59. The summed E-state index contributed by atoms with van der Waals surface area (Å²) >= 11 is 1.50. The normalized spacial score (nSPS) is 14.6. The number of amides is 4. The number of aromatic nitrogens is 1. The molecule has 696 valence electrons. The molecule has 1 aromatic heterocycles. The van der Waals surface area contributed by atoms with Crippen LogP contribution >= 0.6 is 11.3 Å². The van der Waals surface area contributed by atoms with Crippen molar-refractivity contribution in [1.82, 2.24) is 25.4 Å². The number of esters is 1. The van der Waals surface area contributed by atoms with Crippen molar-refractivity contribution in [2.45, 2.75) is 137 Å². The van der Waals surface area contributed by atoms with Crippen LogP contribution in [0.5, 0.6) is 0 Å². The van der Waals surface area contributed by atoms with Crippen molar-refractivity contribution in [3.63, 3.8) is 0 Å². The SMILES string of the molecule is COCCOCCOCCOCCOCCOCCOCCOCCOCCOCCOCCOCCOCCOCCOCCOCCOCCOCCOCCOCCOCCOCCNC(=O)CCC(=O)OC[C@@H](c1ccc(-c2scnc2C)cc1)N(C=O)[C@@H]1C[C@@H](O[Si](C)(C)C(C)(C)C)CN1C(=O)[C@@H](NC(=O)OC(C)(C)C)C(C)(C)C. The lowest BCUT2D eigenvalue weighted by atomic mass is 9.85. The highest BCUT2D eigenvalue weighted by atomic mass is 32.1. The quantitative estimate of drug-likeness (QED) is 0.0293. The first-order valence-corrected chi connectivity index (χ1v) is 45.9. The van der Waals surface area contributed by atoms with E-state index in [0.717, 1.165) is 16.1 Å². The molecule has 0 aliphatic carbocycles. The molecule has 120 heavy (non-hydrogen) atoms. The molecule has 0 radical (unpaired) electrons. The maximum absolute atomic E-state index is 15.1. The number of aryl methyl sites for hydroxylation is 1. The molecule has 2 N–H and O–H groups in total. The second-order valence-corrected chi connectivity index (χ2v) is 36.6. The number of methoxy groups -OCH3 is 1. The molecular formula is C83H149N5O30SSi. The van der Waals surface area contributed by atoms with Crippen molar-refractivity contribution in [2.24, 2.45) is 5.41 Å². The zero-order valence-electron chi connectivity index (χ0n) is 74.4. The van der Waals surface area contributed by atoms with Crippen LogP contribution in [0.4, 0.5) is 4.79 Å². The number of nitrogens with one attached hydrogen (secondary N) is 2. The minimum atomic E-state index is -2.42. The van der Waals surface area contributed by atoms with Crippen LogP contribution in [0.1, 0.15) is 98.9 Å². The Labute approximate surface area is 718 Å². The number of rotatable bonds is 80. The van der Waals surface area contributed by atoms with Gasteiger partial charge in [0, 0.05) is 33.0 Å². The van der Waals surface area contributed by atoms with Gasteiger partial charge in [-0.05, 0) is 62.4 Å². The standard InChI is InChI=1S/C83H149N5O30SSi/c1-69-77(119-67-85-69)71-16-14-70(15-17-71)73(88(68-89)75-64-72(118-120(12,13)83(8,9)10)65-87(75)79(92)78(81(2,3)4)86-80(93)117-82(5,6)7)66-116-76(91)19-18-74(90)84-20-21-95-24-25-97-28-29-99-32-33-101-36-37-103-40-41-105-44-45-107-48-49-109-52-53-111-56-57-113-60-61-115-63-62-114-59-58-112-55-54-110-51-50-108-47-46-106-43-42-104-39-38-102-35-34-100-31-30-98-27-26-96-23-22-94-11/h14-17,67-68,72-73,75,78H,18-66H2,1-13H3,(H,84,90)(H,86,93)/t72-,73+,75-,78-/m1/s1. The topological polar surface area (TPSA) is 360 Å². The van der Waals surface area contributed by atoms with Gasteiger partial charge in [0.2, 0.25) is 18.2 Å². The van der Waals surface area contributed by atoms with Crippen LogP contribution in [0.15, 0.2) is 29.8 Å². The number of hydrogen-bond donors (Lipinski definition) is 2. The van der Waals surface area contributed by atoms with Crippen LogP contribution in [0, 0.1) is 12.3 Å². The summed E-state index contributed by atoms with van der Waals surface area (Å²) in [5, 5.41) is 5.43. The molecule has 0 spiro atoms. The maximum atomic E-state index is 15.1. The van der Waals surface area contributed by atoms with Crippen LogP contribution in [0.2, 0.25) is 18.1 Å². The Hall–Kier alpha value is -4.70. The molecule has 1 fully saturated rings. The molecule has 0 bridgehead atoms. The number of thiazole rings is 1. The third-order valence-corrected chi connectivity index (χ3v) is 23.6. The molecule has 35 nitrogen and oxygen atoms in total. The highest BCUT2D eigenvalue weighted by molar-refractivity contribution is 7.13. The summed E-state index contributed by atoms with van der Waals surface area (Å²) in [5.74, 6) is -1.45. The molecule has 2 heterocycles. The van der Waals surface area contributed by atoms with Crippen molar-refractivity contribution in [2.75, 3.05) is 311 Å². The zero-order valence-corrected chi connectivity index (χ0v) is 76.2. The van der Waals surface area contributed by atoms with Crippen molar-refractivity contribution in [3.8, 4) is 10.4 Å². The first-order chi connectivity index (χ1) is 57.9. The van der Waals surface area contributed by atoms with Crippen molar-refractivity contribution in [3.05, 3.63) is 41.0 Å². The van der Waals surface area contributed by atoms with E-state index in [1.165, 1.54) is 16.2 Å². The number of hydrogen-bond acceptors (Lipinski definition) is 32. The number of carbonyl (C=O) groups excluding carboxylic acids is 5. The Morgan fingerprint density at radius 1 is 0.500 bits per heavy atom. The Bertz CT molecular complexity index is 2850. The van der Waals surface area contributed by atoms with Gasteiger partial charge >= 0.3 is 12.1 Å². The van der Waals surface area contributed by atoms with Gasteiger partial charge in [0.05, 0.1) is 319 Å². The number of ether oxygens (including phenoxy) is 24. The molecule has 2 aromatic rings. The van der Waals surface area contributed by atoms with Crippen molar-refractivity contribution < 1.29 is 142 Å². The predicted molar refractivity (Wildman–Crippen MR) is 450 cm³/mol. The average Bonchev–Trinajstić information content (AvgIpc) is 1.60. The van der Waals surface area contributed by atoms with E-state index in [9.17, 15) is 19.2 Å². The molecule has 1 aromatic carbocycles. The summed E-state index contributed by atoms with van der Waals surface area (Å²) in [4.78, 5) is 77.0. The summed E-state index contributed by atoms with van der Waals surface area (Å²) in [6.07, 6.45) is -1.56. The van der Waals surface area contributed by atoms with E-state index in [1.807, 2.05) is 52.0 Å². The minimum Gasteiger partial charge on any atom is -0.463 e. The van der Waals surface area contributed by atoms with E-state index >= 15 is 4.79 Å². The van der Waals surface area contributed by atoms with E-state index in [2.05, 4.69) is 49.5 Å². The van der Waals surface area contributed by atoms with Gasteiger partial charge in [0.25, 0.3) is 0 Å². The number of alkyl carbamates (subject to hydrolysis) is 1. The van der Waals surface area contributed by atoms with E-state index in [0.29, 0.717) is 289 Å². The minimum absolute atomic E-state index is 0.134. The Morgan fingerprint density at radius 2 is 0.833 bits per heavy atom. The summed E-state index contributed by atoms with van der Waals surface area (Å²) in [6.45, 7) is 43.1. The monoisotopic (exact) mass is 1760 g/mol. The zero-order chi connectivity index (χ0) is 87.5. The lowest BCUT2D eigenvalue weighted by molar-refractivity contribution is -0.152. The second kappa shape index (κ2) is 69.5. The largest absolute Gasteiger partial charge is 0.463 e. The van der Waals surface area contributed by atoms with Crippen molar-refractivity contribution in [1.29, 1.82) is 0 Å². The van der Waals surface area contributed by atoms with Gasteiger partial charge in [-0.1, -0.05) is 65.8 Å². The molecule has 37 heteroatoms. The number of benzene rings is 1. The van der Waals surface area contributed by atoms with Crippen LogP contribution in [-0.2, 0) is 137 Å². The third-order valence-electron chi connectivity index (χ3n) is 18.1. The van der Waals surface area contributed by atoms with Crippen LogP contribution in [0.3, 0.4) is 0 Å². The number of carbonyl (C=O) groups is 5. The Morgan fingerprint density at radius 3 is 1.12 bits per heavy atom. The highest BCUT2D eigenvalue weighted by Gasteiger charge is 2.49. The first kappa shape index (κ1) is 109. The lowest BCUT2D eigenvalue weighted by Gasteiger charge is -2.41. The smallest absolute Gasteiger partial charge is 0.408 e. The molecule has 0 saturated carbocycles. The summed E-state index contributed by atoms with van der Waals surface area (Å²) in [7, 11) is -0.781. The molecule has 3 rings (SSSR count). The van der Waals surface area contributed by atoms with E-state index < -0.39 is 61.7 Å². The molecule has 1 saturated heterocycles.